The molecule has 5 nitrogen and oxygen atoms in total. The van der Waals surface area contributed by atoms with Crippen molar-refractivity contribution in [2.24, 2.45) is 5.92 Å². The van der Waals surface area contributed by atoms with Crippen LogP contribution in [0.2, 0.25) is 0 Å². The Morgan fingerprint density at radius 2 is 2.22 bits per heavy atom. The summed E-state index contributed by atoms with van der Waals surface area (Å²) in [4.78, 5) is 18.2. The normalized spacial score (nSPS) is 17.7. The zero-order chi connectivity index (χ0) is 16.2. The summed E-state index contributed by atoms with van der Waals surface area (Å²) in [7, 11) is 0. The highest BCUT2D eigenvalue weighted by Crippen LogP contribution is 2.22. The molecule has 0 bridgehead atoms. The summed E-state index contributed by atoms with van der Waals surface area (Å²) in [6, 6.07) is 8.22. The number of carbonyl (C=O) groups is 1. The molecule has 1 saturated heterocycles. The maximum Gasteiger partial charge on any atom is 0.219 e. The highest BCUT2D eigenvalue weighted by molar-refractivity contribution is 5.73. The largest absolute Gasteiger partial charge is 0.343 e. The first-order valence-corrected chi connectivity index (χ1v) is 8.41. The van der Waals surface area contributed by atoms with E-state index in [1.54, 1.807) is 6.92 Å². The van der Waals surface area contributed by atoms with Gasteiger partial charge in [-0.25, -0.2) is 0 Å². The number of pyridine rings is 1. The molecule has 3 rings (SSSR count). The Morgan fingerprint density at radius 3 is 2.96 bits per heavy atom. The molecule has 1 atom stereocenters. The van der Waals surface area contributed by atoms with E-state index in [-0.39, 0.29) is 5.91 Å². The third kappa shape index (κ3) is 3.60. The second-order valence-corrected chi connectivity index (χ2v) is 6.28. The minimum atomic E-state index is 0.178. The quantitative estimate of drug-likeness (QED) is 0.853. The van der Waals surface area contributed by atoms with Crippen LogP contribution in [0.1, 0.15) is 32.4 Å². The lowest BCUT2D eigenvalue weighted by molar-refractivity contribution is -0.127. The van der Waals surface area contributed by atoms with Gasteiger partial charge in [-0.15, -0.1) is 0 Å². The number of likely N-dealkylation sites (tertiary alicyclic amines) is 1. The van der Waals surface area contributed by atoms with Crippen LogP contribution < -0.4 is 0 Å². The number of aryl methyl sites for hydroxylation is 1. The number of hydrogen-bond donors (Lipinski definition) is 0. The first kappa shape index (κ1) is 15.7. The summed E-state index contributed by atoms with van der Waals surface area (Å²) in [5.41, 5.74) is 3.16. The minimum absolute atomic E-state index is 0.178. The second-order valence-electron chi connectivity index (χ2n) is 6.28. The van der Waals surface area contributed by atoms with Gasteiger partial charge >= 0.3 is 0 Å². The van der Waals surface area contributed by atoms with Crippen molar-refractivity contribution in [3.8, 4) is 11.4 Å². The van der Waals surface area contributed by atoms with Crippen molar-refractivity contribution < 1.29 is 4.79 Å². The molecule has 0 aromatic carbocycles. The lowest BCUT2D eigenvalue weighted by atomic mass is 10.0. The maximum atomic E-state index is 11.5. The number of rotatable bonds is 5. The van der Waals surface area contributed by atoms with E-state index < -0.39 is 0 Å². The predicted molar refractivity (Wildman–Crippen MR) is 89.8 cm³/mol. The van der Waals surface area contributed by atoms with Gasteiger partial charge < -0.3 is 4.90 Å². The van der Waals surface area contributed by atoms with E-state index in [2.05, 4.69) is 24.2 Å². The molecule has 1 fully saturated rings. The monoisotopic (exact) mass is 312 g/mol. The molecule has 122 valence electrons. The topological polar surface area (TPSA) is 51.0 Å². The highest BCUT2D eigenvalue weighted by atomic mass is 16.2. The molecular weight excluding hydrogens is 288 g/mol. The van der Waals surface area contributed by atoms with Crippen LogP contribution in [0.5, 0.6) is 0 Å². The van der Waals surface area contributed by atoms with Gasteiger partial charge in [-0.2, -0.15) is 5.10 Å². The van der Waals surface area contributed by atoms with E-state index in [4.69, 9.17) is 4.98 Å². The van der Waals surface area contributed by atoms with Crippen LogP contribution >= 0.6 is 0 Å². The van der Waals surface area contributed by atoms with Crippen molar-refractivity contribution in [1.29, 1.82) is 0 Å². The number of amides is 1. The fourth-order valence-electron chi connectivity index (χ4n) is 3.26. The van der Waals surface area contributed by atoms with Crippen LogP contribution in [-0.4, -0.2) is 38.7 Å². The van der Waals surface area contributed by atoms with Crippen molar-refractivity contribution in [2.75, 3.05) is 13.1 Å². The van der Waals surface area contributed by atoms with Gasteiger partial charge in [0.05, 0.1) is 11.4 Å². The average Bonchev–Trinajstić information content (AvgIpc) is 3.17. The second kappa shape index (κ2) is 6.94. The number of aromatic nitrogens is 3. The summed E-state index contributed by atoms with van der Waals surface area (Å²) in [5.74, 6) is 0.694. The molecule has 23 heavy (non-hydrogen) atoms. The van der Waals surface area contributed by atoms with Gasteiger partial charge in [0.2, 0.25) is 5.91 Å². The number of nitrogens with zero attached hydrogens (tertiary/aromatic N) is 4. The van der Waals surface area contributed by atoms with E-state index in [0.717, 1.165) is 56.0 Å². The third-order valence-corrected chi connectivity index (χ3v) is 4.45. The van der Waals surface area contributed by atoms with E-state index in [0.29, 0.717) is 5.92 Å². The van der Waals surface area contributed by atoms with Crippen LogP contribution in [0.25, 0.3) is 11.4 Å². The molecule has 0 spiro atoms. The molecule has 1 aliphatic rings. The Morgan fingerprint density at radius 1 is 1.35 bits per heavy atom. The maximum absolute atomic E-state index is 11.5. The van der Waals surface area contributed by atoms with Crippen molar-refractivity contribution in [2.45, 2.75) is 39.7 Å². The molecule has 0 saturated carbocycles. The smallest absolute Gasteiger partial charge is 0.219 e. The number of hydrogen-bond acceptors (Lipinski definition) is 3. The fraction of sp³-hybridized carbons (Fsp3) is 0.500. The van der Waals surface area contributed by atoms with Crippen LogP contribution in [0.15, 0.2) is 30.5 Å². The fourth-order valence-corrected chi connectivity index (χ4v) is 3.26. The summed E-state index contributed by atoms with van der Waals surface area (Å²) >= 11 is 0. The molecule has 2 aromatic rings. The first-order valence-electron chi connectivity index (χ1n) is 8.41. The molecule has 0 N–H and O–H groups in total. The van der Waals surface area contributed by atoms with Crippen LogP contribution in [0.4, 0.5) is 0 Å². The van der Waals surface area contributed by atoms with Gasteiger partial charge in [-0.05, 0) is 43.4 Å². The van der Waals surface area contributed by atoms with Gasteiger partial charge in [0.15, 0.2) is 0 Å². The van der Waals surface area contributed by atoms with Gasteiger partial charge in [0, 0.05) is 38.4 Å². The third-order valence-electron chi connectivity index (χ3n) is 4.45. The Balaban J connectivity index is 1.73. The predicted octanol–water partition coefficient (Wildman–Crippen LogP) is 2.77. The van der Waals surface area contributed by atoms with Crippen molar-refractivity contribution >= 4 is 5.91 Å². The summed E-state index contributed by atoms with van der Waals surface area (Å²) in [6.45, 7) is 6.44. The Kier molecular flexibility index (Phi) is 4.74. The van der Waals surface area contributed by atoms with E-state index >= 15 is 0 Å². The molecule has 0 radical (unpaired) electrons. The molecule has 0 unspecified atom stereocenters. The zero-order valence-corrected chi connectivity index (χ0v) is 13.9. The van der Waals surface area contributed by atoms with Crippen LogP contribution in [-0.2, 0) is 17.8 Å². The van der Waals surface area contributed by atoms with E-state index in [1.165, 1.54) is 0 Å². The first-order chi connectivity index (χ1) is 11.2. The Hall–Kier alpha value is -2.17. The SMILES string of the molecule is CCCn1nccc1-c1cccc(C[C@@H]2CCN(C(C)=O)C2)n1. The lowest BCUT2D eigenvalue weighted by Gasteiger charge is -2.14. The average molecular weight is 312 g/mol. The van der Waals surface area contributed by atoms with Crippen LogP contribution in [0, 0.1) is 5.92 Å². The Bertz CT molecular complexity index is 679. The van der Waals surface area contributed by atoms with Gasteiger partial charge in [0.25, 0.3) is 0 Å². The summed E-state index contributed by atoms with van der Waals surface area (Å²) < 4.78 is 2.01. The molecule has 1 amide bonds. The van der Waals surface area contributed by atoms with Gasteiger partial charge in [-0.3, -0.25) is 14.5 Å². The van der Waals surface area contributed by atoms with Crippen molar-refractivity contribution in [1.82, 2.24) is 19.7 Å². The molecule has 1 aliphatic heterocycles. The van der Waals surface area contributed by atoms with Crippen LogP contribution in [0.3, 0.4) is 0 Å². The lowest BCUT2D eigenvalue weighted by Crippen LogP contribution is -2.26. The molecule has 2 aromatic heterocycles. The van der Waals surface area contributed by atoms with Gasteiger partial charge in [0.1, 0.15) is 0 Å². The highest BCUT2D eigenvalue weighted by Gasteiger charge is 2.24. The zero-order valence-electron chi connectivity index (χ0n) is 13.9. The standard InChI is InChI=1S/C18H24N4O/c1-3-10-22-18(7-9-19-22)17-6-4-5-16(20-17)12-15-8-11-21(13-15)14(2)23/h4-7,9,15H,3,8,10-13H2,1-2H3/t15-/m0/s1. The Labute approximate surface area is 137 Å². The van der Waals surface area contributed by atoms with E-state index in [1.807, 2.05) is 27.9 Å². The number of carbonyl (C=O) groups excluding carboxylic acids is 1. The van der Waals surface area contributed by atoms with Gasteiger partial charge in [-0.1, -0.05) is 13.0 Å². The minimum Gasteiger partial charge on any atom is -0.343 e. The molecule has 0 aliphatic carbocycles. The summed E-state index contributed by atoms with van der Waals surface area (Å²) in [5, 5.41) is 4.38. The molecule has 5 heteroatoms. The molecular formula is C18H24N4O. The van der Waals surface area contributed by atoms with Crippen molar-refractivity contribution in [3.05, 3.63) is 36.2 Å². The van der Waals surface area contributed by atoms with Crippen molar-refractivity contribution in [3.63, 3.8) is 0 Å². The molecule has 3 heterocycles. The van der Waals surface area contributed by atoms with E-state index in [9.17, 15) is 4.79 Å². The summed E-state index contributed by atoms with van der Waals surface area (Å²) in [6.07, 6.45) is 4.89.